The molecule has 2 nitrogen and oxygen atoms in total. The van der Waals surface area contributed by atoms with Crippen LogP contribution in [0.5, 0.6) is 0 Å². The maximum Gasteiger partial charge on any atom is 0.0875 e. The van der Waals surface area contributed by atoms with Crippen molar-refractivity contribution in [2.45, 2.75) is 62.6 Å². The Hall–Kier alpha value is 0.130. The van der Waals surface area contributed by atoms with Crippen LogP contribution in [0.3, 0.4) is 0 Å². The minimum atomic E-state index is 0.302. The lowest BCUT2D eigenvalue weighted by Crippen LogP contribution is -2.55. The fraction of sp³-hybridized carbons (Fsp3) is 0.733. The Morgan fingerprint density at radius 2 is 2.11 bits per heavy atom. The molecule has 2 aliphatic heterocycles. The van der Waals surface area contributed by atoms with Gasteiger partial charge in [0, 0.05) is 12.0 Å². The maximum absolute atomic E-state index is 6.34. The smallest absolute Gasteiger partial charge is 0.0875 e. The van der Waals surface area contributed by atoms with Crippen molar-refractivity contribution in [3.8, 4) is 0 Å². The highest BCUT2D eigenvalue weighted by Crippen LogP contribution is 2.53. The van der Waals surface area contributed by atoms with E-state index < -0.39 is 0 Å². The molecule has 3 fully saturated rings. The van der Waals surface area contributed by atoms with Gasteiger partial charge in [-0.2, -0.15) is 5.06 Å². The molecule has 0 amide bonds. The average molecular weight is 359 g/mol. The molecule has 2 heterocycles. The monoisotopic (exact) mass is 359 g/mol. The molecule has 2 saturated heterocycles. The first kappa shape index (κ1) is 13.1. The van der Waals surface area contributed by atoms with E-state index in [2.05, 4.69) is 50.5 Å². The van der Waals surface area contributed by atoms with Crippen LogP contribution in [0.15, 0.2) is 22.8 Å². The van der Waals surface area contributed by atoms with E-state index in [1.54, 1.807) is 0 Å². The van der Waals surface area contributed by atoms with Crippen molar-refractivity contribution in [2.24, 2.45) is 5.92 Å². The number of nitrogens with zero attached hydrogens (tertiary/aromatic N) is 1. The molecule has 1 saturated carbocycles. The second-order valence-electron chi connectivity index (χ2n) is 5.88. The number of rotatable bonds is 3. The van der Waals surface area contributed by atoms with Crippen molar-refractivity contribution in [1.82, 2.24) is 5.06 Å². The molecule has 1 aliphatic carbocycles. The average Bonchev–Trinajstić information content (AvgIpc) is 2.56. The molecule has 1 spiro atoms. The van der Waals surface area contributed by atoms with Crippen LogP contribution in [0.2, 0.25) is 0 Å². The third kappa shape index (κ3) is 1.90. The fourth-order valence-electron chi connectivity index (χ4n) is 4.33. The number of piperidine rings is 1. The van der Waals surface area contributed by atoms with Crippen molar-refractivity contribution in [3.05, 3.63) is 22.8 Å². The molecule has 4 atom stereocenters. The van der Waals surface area contributed by atoms with Gasteiger partial charge in [0.05, 0.1) is 11.6 Å². The fourth-order valence-corrected chi connectivity index (χ4v) is 4.78. The number of hydrogen-bond donors (Lipinski definition) is 0. The zero-order chi connectivity index (χ0) is 12.6. The minimum absolute atomic E-state index is 0.302. The van der Waals surface area contributed by atoms with Gasteiger partial charge in [0.15, 0.2) is 0 Å². The standard InChI is InChI=1S/C15H22INO/c1-2-5-12-6-3-9-15-10-4-7-14(18-17(12)15)13(15)8-11-16/h2,8,11-14H,1,3-7,9-10H2/b11-8-/t12-,13?,14+,15-/m1/s1. The molecule has 2 bridgehead atoms. The lowest BCUT2D eigenvalue weighted by molar-refractivity contribution is -0.221. The summed E-state index contributed by atoms with van der Waals surface area (Å²) in [5, 5.41) is 2.40. The van der Waals surface area contributed by atoms with E-state index in [-0.39, 0.29) is 0 Å². The highest BCUT2D eigenvalue weighted by atomic mass is 127. The van der Waals surface area contributed by atoms with Gasteiger partial charge >= 0.3 is 0 Å². The number of hydroxylamine groups is 2. The van der Waals surface area contributed by atoms with Crippen LogP contribution in [-0.2, 0) is 4.84 Å². The van der Waals surface area contributed by atoms with Crippen LogP contribution < -0.4 is 0 Å². The van der Waals surface area contributed by atoms with Crippen LogP contribution in [0.25, 0.3) is 0 Å². The zero-order valence-corrected chi connectivity index (χ0v) is 13.0. The van der Waals surface area contributed by atoms with Gasteiger partial charge in [-0.1, -0.05) is 34.7 Å². The molecular formula is C15H22INO. The Labute approximate surface area is 124 Å². The van der Waals surface area contributed by atoms with Crippen molar-refractivity contribution in [3.63, 3.8) is 0 Å². The maximum atomic E-state index is 6.34. The summed E-state index contributed by atoms with van der Waals surface area (Å²) in [6.07, 6.45) is 13.7. The summed E-state index contributed by atoms with van der Waals surface area (Å²) in [4.78, 5) is 6.34. The van der Waals surface area contributed by atoms with Gasteiger partial charge in [-0.3, -0.25) is 4.84 Å². The summed E-state index contributed by atoms with van der Waals surface area (Å²) in [5.41, 5.74) is 0.302. The van der Waals surface area contributed by atoms with Crippen molar-refractivity contribution >= 4 is 22.6 Å². The Balaban J connectivity index is 1.92. The Morgan fingerprint density at radius 1 is 1.33 bits per heavy atom. The molecule has 3 rings (SSSR count). The molecule has 100 valence electrons. The highest BCUT2D eigenvalue weighted by molar-refractivity contribution is 14.1. The minimum Gasteiger partial charge on any atom is -0.294 e. The van der Waals surface area contributed by atoms with E-state index in [1.807, 2.05) is 0 Å². The SMILES string of the molecule is C=CC[C@@H]1CCC[C@]23CCC[C@H](ON12)C3/C=C\I. The summed E-state index contributed by atoms with van der Waals surface area (Å²) in [6, 6.07) is 0.560. The lowest BCUT2D eigenvalue weighted by Gasteiger charge is -2.47. The normalized spacial score (nSPS) is 44.2. The van der Waals surface area contributed by atoms with E-state index in [0.29, 0.717) is 23.6 Å². The number of halogens is 1. The molecule has 0 N–H and O–H groups in total. The summed E-state index contributed by atoms with van der Waals surface area (Å²) < 4.78 is 2.19. The molecule has 1 unspecified atom stereocenters. The topological polar surface area (TPSA) is 12.5 Å². The summed E-state index contributed by atoms with van der Waals surface area (Å²) >= 11 is 2.35. The number of fused-ring (bicyclic) bond motifs is 1. The largest absolute Gasteiger partial charge is 0.294 e. The molecule has 0 radical (unpaired) electrons. The van der Waals surface area contributed by atoms with Crippen LogP contribution in [0, 0.1) is 5.92 Å². The van der Waals surface area contributed by atoms with E-state index in [9.17, 15) is 0 Å². The Morgan fingerprint density at radius 3 is 2.83 bits per heavy atom. The zero-order valence-electron chi connectivity index (χ0n) is 10.9. The van der Waals surface area contributed by atoms with Crippen LogP contribution in [0.1, 0.15) is 44.9 Å². The quantitative estimate of drug-likeness (QED) is 0.553. The van der Waals surface area contributed by atoms with Crippen LogP contribution in [0.4, 0.5) is 0 Å². The van der Waals surface area contributed by atoms with Gasteiger partial charge in [-0.05, 0) is 49.0 Å². The van der Waals surface area contributed by atoms with Gasteiger partial charge < -0.3 is 0 Å². The van der Waals surface area contributed by atoms with E-state index >= 15 is 0 Å². The number of hydrogen-bond acceptors (Lipinski definition) is 2. The molecule has 0 aromatic carbocycles. The first-order valence-corrected chi connectivity index (χ1v) is 8.40. The Bertz CT molecular complexity index is 352. The van der Waals surface area contributed by atoms with Crippen LogP contribution >= 0.6 is 22.6 Å². The summed E-state index contributed by atoms with van der Waals surface area (Å²) in [6.45, 7) is 3.91. The van der Waals surface area contributed by atoms with E-state index in [0.717, 1.165) is 6.42 Å². The van der Waals surface area contributed by atoms with E-state index in [1.165, 1.54) is 38.5 Å². The van der Waals surface area contributed by atoms with Crippen LogP contribution in [-0.4, -0.2) is 22.7 Å². The predicted molar refractivity (Wildman–Crippen MR) is 82.4 cm³/mol. The van der Waals surface area contributed by atoms with Crippen molar-refractivity contribution in [2.75, 3.05) is 0 Å². The van der Waals surface area contributed by atoms with Gasteiger partial charge in [-0.15, -0.1) is 6.58 Å². The highest BCUT2D eigenvalue weighted by Gasteiger charge is 2.58. The second kappa shape index (κ2) is 5.25. The van der Waals surface area contributed by atoms with Gasteiger partial charge in [0.2, 0.25) is 0 Å². The van der Waals surface area contributed by atoms with Crippen molar-refractivity contribution in [1.29, 1.82) is 0 Å². The van der Waals surface area contributed by atoms with Crippen molar-refractivity contribution < 1.29 is 4.84 Å². The summed E-state index contributed by atoms with van der Waals surface area (Å²) in [7, 11) is 0. The molecule has 3 heteroatoms. The molecule has 3 aliphatic rings. The molecule has 0 aromatic heterocycles. The van der Waals surface area contributed by atoms with Gasteiger partial charge in [-0.25, -0.2) is 0 Å². The second-order valence-corrected chi connectivity index (χ2v) is 6.60. The molecule has 18 heavy (non-hydrogen) atoms. The predicted octanol–water partition coefficient (Wildman–Crippen LogP) is 4.22. The van der Waals surface area contributed by atoms with Gasteiger partial charge in [0.1, 0.15) is 0 Å². The third-order valence-electron chi connectivity index (χ3n) is 5.00. The first-order valence-electron chi connectivity index (χ1n) is 7.16. The molecule has 0 aromatic rings. The summed E-state index contributed by atoms with van der Waals surface area (Å²) in [5.74, 6) is 0.607. The van der Waals surface area contributed by atoms with E-state index in [4.69, 9.17) is 4.84 Å². The Kier molecular flexibility index (Phi) is 3.83. The third-order valence-corrected chi connectivity index (χ3v) is 5.42. The van der Waals surface area contributed by atoms with Gasteiger partial charge in [0.25, 0.3) is 0 Å². The lowest BCUT2D eigenvalue weighted by atomic mass is 9.67. The first-order chi connectivity index (χ1) is 8.81. The molecular weight excluding hydrogens is 337 g/mol.